The molecule has 9 heteroatoms. The van der Waals surface area contributed by atoms with E-state index in [1.165, 1.54) is 30.7 Å². The average molecular weight is 477 g/mol. The number of carbonyl (C=O) groups is 1. The largest absolute Gasteiger partial charge is 0.310 e. The number of anilines is 1. The van der Waals surface area contributed by atoms with Crippen LogP contribution in [0, 0.1) is 12.7 Å². The topological polar surface area (TPSA) is 77.6 Å². The Morgan fingerprint density at radius 3 is 2.62 bits per heavy atom. The Balaban J connectivity index is 1.38. The summed E-state index contributed by atoms with van der Waals surface area (Å²) in [4.78, 5) is 12.8. The maximum atomic E-state index is 14.6. The van der Waals surface area contributed by atoms with E-state index in [0.29, 0.717) is 28.4 Å². The van der Waals surface area contributed by atoms with E-state index < -0.39 is 0 Å². The molecule has 1 fully saturated rings. The van der Waals surface area contributed by atoms with Gasteiger partial charge in [0.05, 0.1) is 23.6 Å². The van der Waals surface area contributed by atoms with Crippen molar-refractivity contribution in [3.8, 4) is 17.1 Å². The summed E-state index contributed by atoms with van der Waals surface area (Å²) in [6.45, 7) is 2.00. The van der Waals surface area contributed by atoms with Crippen molar-refractivity contribution in [3.63, 3.8) is 0 Å². The lowest BCUT2D eigenvalue weighted by atomic mass is 10.2. The molecule has 1 N–H and O–H groups in total. The van der Waals surface area contributed by atoms with Gasteiger partial charge < -0.3 is 5.32 Å². The van der Waals surface area contributed by atoms with Crippen LogP contribution in [0.2, 0.25) is 0 Å². The predicted molar refractivity (Wildman–Crippen MR) is 131 cm³/mol. The van der Waals surface area contributed by atoms with Crippen molar-refractivity contribution in [2.45, 2.75) is 43.8 Å². The lowest BCUT2D eigenvalue weighted by Crippen LogP contribution is -2.19. The normalized spacial score (nSPS) is 13.9. The summed E-state index contributed by atoms with van der Waals surface area (Å²) >= 11 is 1.26. The second-order valence-electron chi connectivity index (χ2n) is 8.39. The van der Waals surface area contributed by atoms with E-state index in [1.54, 1.807) is 29.0 Å². The number of thioether (sulfide) groups is 1. The summed E-state index contributed by atoms with van der Waals surface area (Å²) in [5.74, 6) is 0.707. The van der Waals surface area contributed by atoms with E-state index in [9.17, 15) is 9.18 Å². The minimum Gasteiger partial charge on any atom is -0.310 e. The molecule has 0 unspecified atom stereocenters. The molecule has 0 saturated heterocycles. The number of halogens is 1. The van der Waals surface area contributed by atoms with Gasteiger partial charge in [0.1, 0.15) is 11.6 Å². The minimum absolute atomic E-state index is 0.136. The van der Waals surface area contributed by atoms with Gasteiger partial charge >= 0.3 is 0 Å². The van der Waals surface area contributed by atoms with E-state index in [4.69, 9.17) is 0 Å². The molecule has 4 aromatic rings. The van der Waals surface area contributed by atoms with Crippen LogP contribution >= 0.6 is 11.8 Å². The number of rotatable bonds is 7. The van der Waals surface area contributed by atoms with Crippen LogP contribution in [-0.2, 0) is 4.79 Å². The van der Waals surface area contributed by atoms with Crippen LogP contribution in [0.5, 0.6) is 0 Å². The van der Waals surface area contributed by atoms with Crippen molar-refractivity contribution >= 4 is 23.5 Å². The lowest BCUT2D eigenvalue weighted by molar-refractivity contribution is -0.113. The first-order valence-electron chi connectivity index (χ1n) is 11.3. The third-order valence-electron chi connectivity index (χ3n) is 5.98. The van der Waals surface area contributed by atoms with Crippen molar-refractivity contribution in [1.82, 2.24) is 24.5 Å². The predicted octanol–water partition coefficient (Wildman–Crippen LogP) is 5.42. The van der Waals surface area contributed by atoms with Gasteiger partial charge in [0, 0.05) is 11.8 Å². The number of carbonyl (C=O) groups excluding carboxylic acids is 1. The Bertz CT molecular complexity index is 1290. The number of aromatic nitrogens is 5. The molecule has 2 heterocycles. The van der Waals surface area contributed by atoms with E-state index in [0.717, 1.165) is 24.1 Å². The number of aryl methyl sites for hydroxylation is 1. The SMILES string of the molecule is Cc1ccc(-n2c(SCC(=O)Nc3ccnn3C3CCCC3)nnc2-c2ccccc2F)cc1. The molecule has 0 radical (unpaired) electrons. The zero-order chi connectivity index (χ0) is 23.5. The zero-order valence-electron chi connectivity index (χ0n) is 18.8. The average Bonchev–Trinajstić information content (AvgIpc) is 3.59. The minimum atomic E-state index is -0.377. The van der Waals surface area contributed by atoms with Crippen molar-refractivity contribution in [3.05, 3.63) is 72.2 Å². The Kier molecular flexibility index (Phi) is 6.44. The van der Waals surface area contributed by atoms with Crippen molar-refractivity contribution in [2.24, 2.45) is 0 Å². The molecule has 0 bridgehead atoms. The summed E-state index contributed by atoms with van der Waals surface area (Å²) in [5, 5.41) is 16.5. The van der Waals surface area contributed by atoms with Gasteiger partial charge in [-0.2, -0.15) is 5.10 Å². The monoisotopic (exact) mass is 476 g/mol. The summed E-state index contributed by atoms with van der Waals surface area (Å²) in [5.41, 5.74) is 2.26. The van der Waals surface area contributed by atoms with E-state index in [-0.39, 0.29) is 17.5 Å². The van der Waals surface area contributed by atoms with Crippen molar-refractivity contribution in [2.75, 3.05) is 11.1 Å². The first-order valence-corrected chi connectivity index (χ1v) is 12.3. The van der Waals surface area contributed by atoms with Crippen LogP contribution < -0.4 is 5.32 Å². The number of nitrogens with zero attached hydrogens (tertiary/aromatic N) is 5. The van der Waals surface area contributed by atoms with Gasteiger partial charge in [-0.1, -0.05) is 54.4 Å². The molecule has 174 valence electrons. The highest BCUT2D eigenvalue weighted by Crippen LogP contribution is 2.32. The van der Waals surface area contributed by atoms with Crippen molar-refractivity contribution in [1.29, 1.82) is 0 Å². The molecule has 0 aliphatic heterocycles. The maximum absolute atomic E-state index is 14.6. The quantitative estimate of drug-likeness (QED) is 0.360. The molecule has 1 aliphatic carbocycles. The number of hydrogen-bond donors (Lipinski definition) is 1. The molecule has 0 atom stereocenters. The highest BCUT2D eigenvalue weighted by molar-refractivity contribution is 7.99. The first kappa shape index (κ1) is 22.3. The maximum Gasteiger partial charge on any atom is 0.235 e. The van der Waals surface area contributed by atoms with Crippen LogP contribution in [0.25, 0.3) is 17.1 Å². The number of benzene rings is 2. The molecular weight excluding hydrogens is 451 g/mol. The molecule has 7 nitrogen and oxygen atoms in total. The van der Waals surface area contributed by atoms with Gasteiger partial charge in [-0.25, -0.2) is 9.07 Å². The highest BCUT2D eigenvalue weighted by atomic mass is 32.2. The summed E-state index contributed by atoms with van der Waals surface area (Å²) in [7, 11) is 0. The van der Waals surface area contributed by atoms with E-state index >= 15 is 0 Å². The van der Waals surface area contributed by atoms with Crippen LogP contribution in [0.3, 0.4) is 0 Å². The Labute approximate surface area is 201 Å². The van der Waals surface area contributed by atoms with Crippen LogP contribution in [-0.4, -0.2) is 36.2 Å². The molecule has 5 rings (SSSR count). The van der Waals surface area contributed by atoms with Gasteiger partial charge in [-0.05, 0) is 44.0 Å². The molecular formula is C25H25FN6OS. The third kappa shape index (κ3) is 4.61. The fourth-order valence-electron chi connectivity index (χ4n) is 4.27. The standard InChI is InChI=1S/C25H25FN6OS/c1-17-10-12-18(13-11-17)31-24(20-8-4-5-9-21(20)26)29-30-25(31)34-16-23(33)28-22-14-15-27-32(22)19-6-2-3-7-19/h4-5,8-15,19H,2-3,6-7,16H2,1H3,(H,28,33). The summed E-state index contributed by atoms with van der Waals surface area (Å²) < 4.78 is 18.3. The Hall–Kier alpha value is -3.46. The highest BCUT2D eigenvalue weighted by Gasteiger charge is 2.22. The van der Waals surface area contributed by atoms with E-state index in [2.05, 4.69) is 20.6 Å². The fourth-order valence-corrected chi connectivity index (χ4v) is 5.02. The molecule has 2 aromatic heterocycles. The Morgan fingerprint density at radius 1 is 1.09 bits per heavy atom. The van der Waals surface area contributed by atoms with Gasteiger partial charge in [0.15, 0.2) is 11.0 Å². The van der Waals surface area contributed by atoms with Gasteiger partial charge in [0.25, 0.3) is 0 Å². The van der Waals surface area contributed by atoms with Crippen LogP contribution in [0.1, 0.15) is 37.3 Å². The second-order valence-corrected chi connectivity index (χ2v) is 9.34. The molecule has 1 saturated carbocycles. The summed E-state index contributed by atoms with van der Waals surface area (Å²) in [6, 6.07) is 16.5. The molecule has 34 heavy (non-hydrogen) atoms. The molecule has 2 aromatic carbocycles. The summed E-state index contributed by atoms with van der Waals surface area (Å²) in [6.07, 6.45) is 6.25. The molecule has 1 aliphatic rings. The Morgan fingerprint density at radius 2 is 1.85 bits per heavy atom. The second kappa shape index (κ2) is 9.80. The first-order chi connectivity index (χ1) is 16.6. The van der Waals surface area contributed by atoms with Crippen molar-refractivity contribution < 1.29 is 9.18 Å². The number of amides is 1. The number of nitrogens with one attached hydrogen (secondary N) is 1. The van der Waals surface area contributed by atoms with Gasteiger partial charge in [-0.3, -0.25) is 9.36 Å². The lowest BCUT2D eigenvalue weighted by Gasteiger charge is -2.14. The third-order valence-corrected chi connectivity index (χ3v) is 6.91. The molecule has 0 spiro atoms. The zero-order valence-corrected chi connectivity index (χ0v) is 19.6. The van der Waals surface area contributed by atoms with Crippen LogP contribution in [0.4, 0.5) is 10.2 Å². The van der Waals surface area contributed by atoms with Crippen LogP contribution in [0.15, 0.2) is 66.0 Å². The number of hydrogen-bond acceptors (Lipinski definition) is 5. The van der Waals surface area contributed by atoms with Gasteiger partial charge in [-0.15, -0.1) is 10.2 Å². The molecule has 1 amide bonds. The fraction of sp³-hybridized carbons (Fsp3) is 0.280. The van der Waals surface area contributed by atoms with E-state index in [1.807, 2.05) is 41.9 Å². The smallest absolute Gasteiger partial charge is 0.235 e. The van der Waals surface area contributed by atoms with Gasteiger partial charge in [0.2, 0.25) is 5.91 Å².